The number of fused-ring (bicyclic) bond motifs is 13. The van der Waals surface area contributed by atoms with Gasteiger partial charge >= 0.3 is 0 Å². The quantitative estimate of drug-likeness (QED) is 0.163. The first-order chi connectivity index (χ1) is 31.7. The van der Waals surface area contributed by atoms with Crippen molar-refractivity contribution in [2.45, 2.75) is 11.8 Å². The molecule has 298 valence electrons. The molecule has 0 saturated carbocycles. The smallest absolute Gasteiger partial charge is 0.160 e. The second-order valence-electron chi connectivity index (χ2n) is 17.0. The topological polar surface area (TPSA) is 38.7 Å². The maximum absolute atomic E-state index is 5.44. The predicted octanol–water partition coefficient (Wildman–Crippen LogP) is 14.8. The van der Waals surface area contributed by atoms with Crippen LogP contribution in [0.1, 0.15) is 33.4 Å². The van der Waals surface area contributed by atoms with E-state index >= 15 is 0 Å². The van der Waals surface area contributed by atoms with Crippen LogP contribution in [0.3, 0.4) is 0 Å². The van der Waals surface area contributed by atoms with Crippen LogP contribution in [0.5, 0.6) is 0 Å². The lowest BCUT2D eigenvalue weighted by Gasteiger charge is -2.41. The summed E-state index contributed by atoms with van der Waals surface area (Å²) in [5.74, 6) is 0.697. The van der Waals surface area contributed by atoms with Crippen LogP contribution in [-0.2, 0) is 11.8 Å². The molecule has 13 rings (SSSR count). The molecule has 3 heteroatoms. The molecule has 1 spiro atoms. The Morgan fingerprint density at radius 2 is 0.859 bits per heavy atom. The molecule has 0 amide bonds. The van der Waals surface area contributed by atoms with Gasteiger partial charge in [-0.05, 0) is 79.6 Å². The van der Waals surface area contributed by atoms with E-state index in [0.717, 1.165) is 56.7 Å². The highest BCUT2D eigenvalue weighted by Crippen LogP contribution is 2.60. The molecule has 2 aliphatic carbocycles. The van der Waals surface area contributed by atoms with Gasteiger partial charge in [0.15, 0.2) is 5.82 Å². The molecule has 9 aromatic carbocycles. The summed E-state index contributed by atoms with van der Waals surface area (Å²) in [6.45, 7) is 0. The first-order valence-corrected chi connectivity index (χ1v) is 22.1. The second-order valence-corrected chi connectivity index (χ2v) is 17.0. The summed E-state index contributed by atoms with van der Waals surface area (Å²) >= 11 is 0. The van der Waals surface area contributed by atoms with E-state index in [1.165, 1.54) is 66.4 Å². The lowest BCUT2D eigenvalue weighted by molar-refractivity contribution is 0.725. The van der Waals surface area contributed by atoms with Gasteiger partial charge in [0.25, 0.3) is 0 Å². The van der Waals surface area contributed by atoms with Crippen LogP contribution >= 0.6 is 0 Å². The molecule has 2 aromatic heterocycles. The van der Waals surface area contributed by atoms with Gasteiger partial charge in [-0.3, -0.25) is 0 Å². The third kappa shape index (κ3) is 5.51. The summed E-state index contributed by atoms with van der Waals surface area (Å²) in [4.78, 5) is 15.7. The number of para-hydroxylation sites is 1. The SMILES string of the molecule is c1ccc(-c2ccc(-c3cc(-c4ccc(-c5nc6ccccc6c6c7c(ccc56)C5(c6ccccc6C7)c6ccccc6-c6ccccc65)cc4)nc(-c4ccccc4)n3)cc2)cc1. The van der Waals surface area contributed by atoms with E-state index < -0.39 is 5.41 Å². The highest BCUT2D eigenvalue weighted by atomic mass is 14.9. The van der Waals surface area contributed by atoms with Gasteiger partial charge in [-0.15, -0.1) is 0 Å². The summed E-state index contributed by atoms with van der Waals surface area (Å²) in [5.41, 5.74) is 20.6. The molecule has 0 atom stereocenters. The molecule has 11 aromatic rings. The van der Waals surface area contributed by atoms with Crippen molar-refractivity contribution in [1.82, 2.24) is 15.0 Å². The Hall–Kier alpha value is -8.27. The summed E-state index contributed by atoms with van der Waals surface area (Å²) in [7, 11) is 0. The van der Waals surface area contributed by atoms with E-state index in [4.69, 9.17) is 15.0 Å². The molecular formula is C61H39N3. The van der Waals surface area contributed by atoms with Crippen LogP contribution in [0.2, 0.25) is 0 Å². The van der Waals surface area contributed by atoms with Gasteiger partial charge < -0.3 is 0 Å². The molecule has 0 radical (unpaired) electrons. The molecular weight excluding hydrogens is 775 g/mol. The largest absolute Gasteiger partial charge is 0.247 e. The van der Waals surface area contributed by atoms with Gasteiger partial charge in [0, 0.05) is 33.0 Å². The van der Waals surface area contributed by atoms with Crippen molar-refractivity contribution in [2.24, 2.45) is 0 Å². The van der Waals surface area contributed by atoms with Crippen molar-refractivity contribution >= 4 is 21.7 Å². The summed E-state index contributed by atoms with van der Waals surface area (Å²) < 4.78 is 0. The van der Waals surface area contributed by atoms with Crippen molar-refractivity contribution in [3.8, 4) is 67.4 Å². The zero-order valence-electron chi connectivity index (χ0n) is 34.9. The Kier molecular flexibility index (Phi) is 8.19. The summed E-state index contributed by atoms with van der Waals surface area (Å²) in [6, 6.07) is 81.0. The van der Waals surface area contributed by atoms with Gasteiger partial charge in [-0.1, -0.05) is 212 Å². The van der Waals surface area contributed by atoms with Crippen molar-refractivity contribution < 1.29 is 0 Å². The number of rotatable bonds is 5. The first-order valence-electron chi connectivity index (χ1n) is 22.1. The molecule has 0 unspecified atom stereocenters. The molecule has 0 aliphatic heterocycles. The standard InChI is InChI=1S/C61H39N3/c1-3-15-39(16-4-1)40-27-29-41(30-28-40)56-38-57(64-60(63-56)44-17-5-2-6-18-44)42-31-33-43(34-32-42)59-49-35-36-54-50(58(49)48-22-10-14-26-55(48)62-59)37-45-19-7-11-23-51(45)61(54)52-24-12-8-20-46(52)47-21-9-13-25-53(47)61/h1-36,38H,37H2. The van der Waals surface area contributed by atoms with Crippen LogP contribution in [0.15, 0.2) is 224 Å². The maximum Gasteiger partial charge on any atom is 0.160 e. The number of nitrogens with zero attached hydrogens (tertiary/aromatic N) is 3. The molecule has 0 saturated heterocycles. The van der Waals surface area contributed by atoms with Crippen molar-refractivity contribution in [1.29, 1.82) is 0 Å². The fraction of sp³-hybridized carbons (Fsp3) is 0.0328. The monoisotopic (exact) mass is 813 g/mol. The third-order valence-electron chi connectivity index (χ3n) is 13.6. The molecule has 0 N–H and O–H groups in total. The maximum atomic E-state index is 5.44. The van der Waals surface area contributed by atoms with Gasteiger partial charge in [0.05, 0.1) is 28.0 Å². The van der Waals surface area contributed by atoms with Gasteiger partial charge in [-0.2, -0.15) is 0 Å². The van der Waals surface area contributed by atoms with Gasteiger partial charge in [-0.25, -0.2) is 15.0 Å². The normalized spacial score (nSPS) is 13.1. The van der Waals surface area contributed by atoms with E-state index in [1.807, 2.05) is 24.3 Å². The molecule has 2 aliphatic rings. The van der Waals surface area contributed by atoms with Crippen molar-refractivity contribution in [3.05, 3.63) is 258 Å². The van der Waals surface area contributed by atoms with Gasteiger partial charge in [0.1, 0.15) is 0 Å². The number of hydrogen-bond donors (Lipinski definition) is 0. The van der Waals surface area contributed by atoms with E-state index in [0.29, 0.717) is 5.82 Å². The van der Waals surface area contributed by atoms with Crippen LogP contribution < -0.4 is 0 Å². The molecule has 2 heterocycles. The Labute approximate surface area is 372 Å². The van der Waals surface area contributed by atoms with E-state index in [9.17, 15) is 0 Å². The third-order valence-corrected chi connectivity index (χ3v) is 13.6. The van der Waals surface area contributed by atoms with E-state index in [-0.39, 0.29) is 0 Å². The van der Waals surface area contributed by atoms with Crippen LogP contribution in [0.25, 0.3) is 89.1 Å². The summed E-state index contributed by atoms with van der Waals surface area (Å²) in [6.07, 6.45) is 0.843. The summed E-state index contributed by atoms with van der Waals surface area (Å²) in [5, 5.41) is 3.63. The fourth-order valence-corrected chi connectivity index (χ4v) is 10.8. The Morgan fingerprint density at radius 3 is 1.53 bits per heavy atom. The fourth-order valence-electron chi connectivity index (χ4n) is 10.8. The first kappa shape index (κ1) is 36.4. The lowest BCUT2D eigenvalue weighted by atomic mass is 9.61. The average Bonchev–Trinajstić information content (AvgIpc) is 3.67. The zero-order valence-corrected chi connectivity index (χ0v) is 34.9. The second kappa shape index (κ2) is 14.4. The van der Waals surface area contributed by atoms with Crippen molar-refractivity contribution in [3.63, 3.8) is 0 Å². The van der Waals surface area contributed by atoms with Gasteiger partial charge in [0.2, 0.25) is 0 Å². The minimum atomic E-state index is -0.434. The molecule has 3 nitrogen and oxygen atoms in total. The molecule has 64 heavy (non-hydrogen) atoms. The number of pyridine rings is 1. The Morgan fingerprint density at radius 1 is 0.344 bits per heavy atom. The zero-order chi connectivity index (χ0) is 42.2. The highest BCUT2D eigenvalue weighted by Gasteiger charge is 2.50. The molecule has 0 fully saturated rings. The van der Waals surface area contributed by atoms with Crippen molar-refractivity contribution in [2.75, 3.05) is 0 Å². The number of hydrogen-bond acceptors (Lipinski definition) is 3. The molecule has 0 bridgehead atoms. The van der Waals surface area contributed by atoms with Crippen LogP contribution in [0.4, 0.5) is 0 Å². The van der Waals surface area contributed by atoms with E-state index in [2.05, 4.69) is 200 Å². The lowest BCUT2D eigenvalue weighted by Crippen LogP contribution is -2.34. The average molecular weight is 814 g/mol. The minimum absolute atomic E-state index is 0.434. The highest BCUT2D eigenvalue weighted by molar-refractivity contribution is 6.13. The predicted molar refractivity (Wildman–Crippen MR) is 262 cm³/mol. The van der Waals surface area contributed by atoms with E-state index in [1.54, 1.807) is 0 Å². The Balaban J connectivity index is 0.969. The minimum Gasteiger partial charge on any atom is -0.247 e. The Bertz CT molecular complexity index is 3570. The number of benzene rings is 9. The van der Waals surface area contributed by atoms with Crippen LogP contribution in [-0.4, -0.2) is 15.0 Å². The number of aromatic nitrogens is 3. The van der Waals surface area contributed by atoms with Crippen LogP contribution in [0, 0.1) is 0 Å².